The van der Waals surface area contributed by atoms with Gasteiger partial charge in [0.15, 0.2) is 0 Å². The number of fused-ring (bicyclic) bond motifs is 1. The van der Waals surface area contributed by atoms with Crippen molar-refractivity contribution >= 4 is 29.2 Å². The lowest BCUT2D eigenvalue weighted by atomic mass is 10.1. The summed E-state index contributed by atoms with van der Waals surface area (Å²) in [6.07, 6.45) is 1.61. The highest BCUT2D eigenvalue weighted by Crippen LogP contribution is 2.38. The molecule has 0 saturated heterocycles. The largest absolute Gasteiger partial charge is 0.395 e. The van der Waals surface area contributed by atoms with Crippen molar-refractivity contribution in [2.24, 2.45) is 0 Å². The molecule has 0 heterocycles. The Hall–Kier alpha value is -0.970. The van der Waals surface area contributed by atoms with Crippen molar-refractivity contribution in [2.75, 3.05) is 13.2 Å². The predicted octanol–water partition coefficient (Wildman–Crippen LogP) is 2.27. The number of aliphatic hydroxyl groups excluding tert-OH is 1. The summed E-state index contributed by atoms with van der Waals surface area (Å²) in [4.78, 5) is 11.5. The van der Waals surface area contributed by atoms with Gasteiger partial charge in [-0.25, -0.2) is 4.79 Å². The van der Waals surface area contributed by atoms with E-state index in [9.17, 15) is 4.79 Å². The van der Waals surface area contributed by atoms with Gasteiger partial charge in [-0.3, -0.25) is 0 Å². The number of hydrogen-bond donors (Lipinski definition) is 3. The van der Waals surface area contributed by atoms with Crippen LogP contribution in [0.2, 0.25) is 10.0 Å². The molecule has 2 amide bonds. The number of urea groups is 1. The molecule has 1 aliphatic carbocycles. The summed E-state index contributed by atoms with van der Waals surface area (Å²) in [5.74, 6) is 0. The van der Waals surface area contributed by atoms with Crippen LogP contribution in [-0.2, 0) is 6.42 Å². The van der Waals surface area contributed by atoms with Crippen LogP contribution in [0.1, 0.15) is 23.6 Å². The molecule has 0 spiro atoms. The fourth-order valence-electron chi connectivity index (χ4n) is 2.16. The predicted molar refractivity (Wildman–Crippen MR) is 71.1 cm³/mol. The molecule has 1 atom stereocenters. The number of hydrogen-bond acceptors (Lipinski definition) is 2. The molecule has 0 aliphatic heterocycles. The van der Waals surface area contributed by atoms with E-state index in [1.165, 1.54) is 0 Å². The summed E-state index contributed by atoms with van der Waals surface area (Å²) >= 11 is 12.1. The Morgan fingerprint density at radius 3 is 2.94 bits per heavy atom. The lowest BCUT2D eigenvalue weighted by Gasteiger charge is -2.15. The first-order valence-electron chi connectivity index (χ1n) is 5.75. The zero-order chi connectivity index (χ0) is 13.1. The quantitative estimate of drug-likeness (QED) is 0.799. The molecule has 1 aromatic rings. The van der Waals surface area contributed by atoms with Gasteiger partial charge in [-0.1, -0.05) is 29.3 Å². The fourth-order valence-corrected chi connectivity index (χ4v) is 2.60. The number of amides is 2. The topological polar surface area (TPSA) is 61.4 Å². The summed E-state index contributed by atoms with van der Waals surface area (Å²) in [5.41, 5.74) is 2.03. The number of carbonyl (C=O) groups excluding carboxylic acids is 1. The first kappa shape index (κ1) is 13.5. The van der Waals surface area contributed by atoms with E-state index in [4.69, 9.17) is 28.3 Å². The molecule has 6 heteroatoms. The zero-order valence-corrected chi connectivity index (χ0v) is 11.2. The first-order valence-corrected chi connectivity index (χ1v) is 6.51. The molecule has 98 valence electrons. The number of aliphatic hydroxyl groups is 1. The molecule has 1 aromatic carbocycles. The Morgan fingerprint density at radius 1 is 1.44 bits per heavy atom. The Balaban J connectivity index is 2.08. The molecular weight excluding hydrogens is 275 g/mol. The number of halogens is 2. The van der Waals surface area contributed by atoms with Crippen molar-refractivity contribution in [2.45, 2.75) is 18.9 Å². The summed E-state index contributed by atoms with van der Waals surface area (Å²) in [6.45, 7) is 0.170. The van der Waals surface area contributed by atoms with Gasteiger partial charge in [0.1, 0.15) is 0 Å². The normalized spacial score (nSPS) is 17.4. The van der Waals surface area contributed by atoms with Gasteiger partial charge in [0.25, 0.3) is 0 Å². The SMILES string of the molecule is O=C(NCCO)NC1CCc2c1ccc(Cl)c2Cl. The minimum absolute atomic E-state index is 0.0477. The van der Waals surface area contributed by atoms with Gasteiger partial charge in [0.05, 0.1) is 22.7 Å². The second-order valence-electron chi connectivity index (χ2n) is 4.14. The van der Waals surface area contributed by atoms with Crippen molar-refractivity contribution in [1.82, 2.24) is 10.6 Å². The summed E-state index contributed by atoms with van der Waals surface area (Å²) in [7, 11) is 0. The minimum atomic E-state index is -0.284. The molecule has 18 heavy (non-hydrogen) atoms. The molecule has 1 unspecified atom stereocenters. The fraction of sp³-hybridized carbons (Fsp3) is 0.417. The van der Waals surface area contributed by atoms with E-state index in [-0.39, 0.29) is 25.2 Å². The van der Waals surface area contributed by atoms with E-state index in [0.29, 0.717) is 10.0 Å². The van der Waals surface area contributed by atoms with Crippen LogP contribution >= 0.6 is 23.2 Å². The molecule has 0 fully saturated rings. The maximum atomic E-state index is 11.5. The number of rotatable bonds is 3. The van der Waals surface area contributed by atoms with Crippen LogP contribution in [0.25, 0.3) is 0 Å². The molecule has 0 bridgehead atoms. The van der Waals surface area contributed by atoms with E-state index in [1.54, 1.807) is 6.07 Å². The van der Waals surface area contributed by atoms with Gasteiger partial charge in [0.2, 0.25) is 0 Å². The van der Waals surface area contributed by atoms with Crippen molar-refractivity contribution in [3.8, 4) is 0 Å². The minimum Gasteiger partial charge on any atom is -0.395 e. The van der Waals surface area contributed by atoms with Crippen molar-refractivity contribution in [1.29, 1.82) is 0 Å². The summed E-state index contributed by atoms with van der Waals surface area (Å²) < 4.78 is 0. The van der Waals surface area contributed by atoms with Crippen LogP contribution in [0.5, 0.6) is 0 Å². The third-order valence-corrected chi connectivity index (χ3v) is 3.84. The zero-order valence-electron chi connectivity index (χ0n) is 9.67. The van der Waals surface area contributed by atoms with E-state index in [2.05, 4.69) is 10.6 Å². The molecule has 3 N–H and O–H groups in total. The molecular formula is C12H14Cl2N2O2. The maximum Gasteiger partial charge on any atom is 0.315 e. The Kier molecular flexibility index (Phi) is 4.32. The van der Waals surface area contributed by atoms with Gasteiger partial charge < -0.3 is 15.7 Å². The van der Waals surface area contributed by atoms with Crippen LogP contribution < -0.4 is 10.6 Å². The van der Waals surface area contributed by atoms with E-state index in [0.717, 1.165) is 24.0 Å². The monoisotopic (exact) mass is 288 g/mol. The second-order valence-corrected chi connectivity index (χ2v) is 4.93. The van der Waals surface area contributed by atoms with Gasteiger partial charge in [-0.2, -0.15) is 0 Å². The third kappa shape index (κ3) is 2.71. The average molecular weight is 289 g/mol. The maximum absolute atomic E-state index is 11.5. The van der Waals surface area contributed by atoms with Crippen LogP contribution in [0, 0.1) is 0 Å². The van der Waals surface area contributed by atoms with E-state index in [1.807, 2.05) is 6.07 Å². The van der Waals surface area contributed by atoms with Gasteiger partial charge in [-0.15, -0.1) is 0 Å². The van der Waals surface area contributed by atoms with Gasteiger partial charge >= 0.3 is 6.03 Å². The second kappa shape index (κ2) is 5.78. The molecule has 0 saturated carbocycles. The highest BCUT2D eigenvalue weighted by Gasteiger charge is 2.26. The Morgan fingerprint density at radius 2 is 2.22 bits per heavy atom. The van der Waals surface area contributed by atoms with E-state index < -0.39 is 0 Å². The highest BCUT2D eigenvalue weighted by molar-refractivity contribution is 6.42. The summed E-state index contributed by atoms with van der Waals surface area (Å²) in [6, 6.07) is 3.31. The first-order chi connectivity index (χ1) is 8.63. The van der Waals surface area contributed by atoms with Crippen LogP contribution in [0.4, 0.5) is 4.79 Å². The summed E-state index contributed by atoms with van der Waals surface area (Å²) in [5, 5.41) is 15.2. The molecule has 0 radical (unpaired) electrons. The smallest absolute Gasteiger partial charge is 0.315 e. The van der Waals surface area contributed by atoms with Crippen molar-refractivity contribution in [3.63, 3.8) is 0 Å². The number of nitrogens with one attached hydrogen (secondary N) is 2. The molecule has 2 rings (SSSR count). The lowest BCUT2D eigenvalue weighted by molar-refractivity contribution is 0.230. The number of carbonyl (C=O) groups is 1. The molecule has 0 aromatic heterocycles. The molecule has 1 aliphatic rings. The standard InChI is InChI=1S/C12H14Cl2N2O2/c13-9-3-1-7-8(11(9)14)2-4-10(7)16-12(18)15-5-6-17/h1,3,10,17H,2,4-6H2,(H2,15,16,18). The highest BCUT2D eigenvalue weighted by atomic mass is 35.5. The molecule has 4 nitrogen and oxygen atoms in total. The Labute approximate surface area is 115 Å². The third-order valence-electron chi connectivity index (χ3n) is 2.99. The van der Waals surface area contributed by atoms with Crippen molar-refractivity contribution in [3.05, 3.63) is 33.3 Å². The lowest BCUT2D eigenvalue weighted by Crippen LogP contribution is -2.38. The van der Waals surface area contributed by atoms with Crippen LogP contribution in [0.15, 0.2) is 12.1 Å². The Bertz CT molecular complexity index is 466. The van der Waals surface area contributed by atoms with E-state index >= 15 is 0 Å². The van der Waals surface area contributed by atoms with Crippen molar-refractivity contribution < 1.29 is 9.90 Å². The number of benzene rings is 1. The van der Waals surface area contributed by atoms with Crippen LogP contribution in [-0.4, -0.2) is 24.3 Å². The van der Waals surface area contributed by atoms with Gasteiger partial charge in [0, 0.05) is 6.54 Å². The average Bonchev–Trinajstić information content (AvgIpc) is 2.75. The van der Waals surface area contributed by atoms with Crippen LogP contribution in [0.3, 0.4) is 0 Å². The van der Waals surface area contributed by atoms with Gasteiger partial charge in [-0.05, 0) is 30.0 Å².